The van der Waals surface area contributed by atoms with Crippen LogP contribution in [0.15, 0.2) is 4.99 Å². The van der Waals surface area contributed by atoms with Crippen molar-refractivity contribution in [3.05, 3.63) is 0 Å². The van der Waals surface area contributed by atoms with Crippen LogP contribution in [-0.2, 0) is 9.47 Å². The molecule has 1 aliphatic rings. The number of hydrogen-bond donors (Lipinski definition) is 3. The van der Waals surface area contributed by atoms with Crippen LogP contribution in [0.4, 0.5) is 0 Å². The molecule has 2 unspecified atom stereocenters. The first kappa shape index (κ1) is 20.9. The lowest BCUT2D eigenvalue weighted by molar-refractivity contribution is 0.0420. The van der Waals surface area contributed by atoms with Gasteiger partial charge in [-0.25, -0.2) is 0 Å². The van der Waals surface area contributed by atoms with E-state index in [2.05, 4.69) is 15.6 Å². The Kier molecular flexibility index (Phi) is 13.5. The van der Waals surface area contributed by atoms with Crippen LogP contribution in [0.1, 0.15) is 26.7 Å². The summed E-state index contributed by atoms with van der Waals surface area (Å²) < 4.78 is 11.0. The van der Waals surface area contributed by atoms with Gasteiger partial charge in [0.05, 0.1) is 12.7 Å². The van der Waals surface area contributed by atoms with E-state index in [0.29, 0.717) is 6.54 Å². The Labute approximate surface area is 145 Å². The van der Waals surface area contributed by atoms with Gasteiger partial charge in [-0.1, -0.05) is 6.92 Å². The van der Waals surface area contributed by atoms with Crippen LogP contribution < -0.4 is 10.6 Å². The Morgan fingerprint density at radius 1 is 1.48 bits per heavy atom. The lowest BCUT2D eigenvalue weighted by atomic mass is 10.2. The maximum absolute atomic E-state index is 8.99. The van der Waals surface area contributed by atoms with Crippen LogP contribution in [0, 0.1) is 5.92 Å². The molecule has 21 heavy (non-hydrogen) atoms. The first-order chi connectivity index (χ1) is 9.76. The van der Waals surface area contributed by atoms with Crippen LogP contribution >= 0.6 is 24.0 Å². The Morgan fingerprint density at radius 3 is 2.90 bits per heavy atom. The molecular weight excluding hydrogens is 385 g/mol. The van der Waals surface area contributed by atoms with Crippen molar-refractivity contribution < 1.29 is 14.6 Å². The van der Waals surface area contributed by atoms with E-state index in [4.69, 9.17) is 14.6 Å². The number of ether oxygens (including phenoxy) is 2. The molecule has 7 heteroatoms. The average Bonchev–Trinajstić information content (AvgIpc) is 2.97. The van der Waals surface area contributed by atoms with E-state index >= 15 is 0 Å². The Morgan fingerprint density at radius 2 is 2.29 bits per heavy atom. The minimum atomic E-state index is 0. The molecule has 2 atom stereocenters. The molecule has 0 spiro atoms. The van der Waals surface area contributed by atoms with E-state index in [9.17, 15) is 0 Å². The van der Waals surface area contributed by atoms with E-state index in [1.807, 2.05) is 13.8 Å². The van der Waals surface area contributed by atoms with Gasteiger partial charge in [0.1, 0.15) is 0 Å². The largest absolute Gasteiger partial charge is 0.396 e. The molecule has 1 rings (SSSR count). The number of aliphatic imine (C=N–C) groups is 1. The van der Waals surface area contributed by atoms with Crippen molar-refractivity contribution in [2.45, 2.75) is 32.8 Å². The van der Waals surface area contributed by atoms with Gasteiger partial charge >= 0.3 is 0 Å². The predicted molar refractivity (Wildman–Crippen MR) is 95.4 cm³/mol. The van der Waals surface area contributed by atoms with Crippen molar-refractivity contribution in [1.29, 1.82) is 0 Å². The highest BCUT2D eigenvalue weighted by Crippen LogP contribution is 2.07. The zero-order valence-corrected chi connectivity index (χ0v) is 15.5. The molecule has 1 saturated heterocycles. The summed E-state index contributed by atoms with van der Waals surface area (Å²) in [6, 6.07) is 0. The molecule has 1 heterocycles. The highest BCUT2D eigenvalue weighted by Gasteiger charge is 2.15. The second kappa shape index (κ2) is 13.5. The fourth-order valence-electron chi connectivity index (χ4n) is 1.82. The number of guanidine groups is 1. The third kappa shape index (κ3) is 10.3. The zero-order valence-electron chi connectivity index (χ0n) is 13.1. The van der Waals surface area contributed by atoms with Crippen LogP contribution in [0.25, 0.3) is 0 Å². The number of rotatable bonds is 9. The van der Waals surface area contributed by atoms with E-state index in [1.165, 1.54) is 0 Å². The first-order valence-corrected chi connectivity index (χ1v) is 7.58. The molecule has 0 aliphatic carbocycles. The van der Waals surface area contributed by atoms with Gasteiger partial charge in [0.25, 0.3) is 0 Å². The molecule has 6 nitrogen and oxygen atoms in total. The van der Waals surface area contributed by atoms with Gasteiger partial charge in [0.15, 0.2) is 5.96 Å². The quantitative estimate of drug-likeness (QED) is 0.227. The number of halogens is 1. The van der Waals surface area contributed by atoms with E-state index < -0.39 is 0 Å². The summed E-state index contributed by atoms with van der Waals surface area (Å²) in [5.41, 5.74) is 0. The highest BCUT2D eigenvalue weighted by molar-refractivity contribution is 14.0. The summed E-state index contributed by atoms with van der Waals surface area (Å²) in [5, 5.41) is 15.5. The molecule has 0 aromatic rings. The maximum atomic E-state index is 8.99. The molecule has 0 aromatic heterocycles. The topological polar surface area (TPSA) is 75.1 Å². The number of hydrogen-bond acceptors (Lipinski definition) is 4. The van der Waals surface area contributed by atoms with Gasteiger partial charge in [-0.3, -0.25) is 4.99 Å². The summed E-state index contributed by atoms with van der Waals surface area (Å²) >= 11 is 0. The maximum Gasteiger partial charge on any atom is 0.191 e. The second-order valence-corrected chi connectivity index (χ2v) is 5.14. The molecule has 0 amide bonds. The standard InChI is InChI=1S/C14H29N3O3.HI/c1-3-15-14(17-9-12(2)10-18)16-6-4-7-20-13-5-8-19-11-13;/h12-13,18H,3-11H2,1-2H3,(H2,15,16,17);1H. The molecule has 0 bridgehead atoms. The summed E-state index contributed by atoms with van der Waals surface area (Å²) in [6.45, 7) is 8.76. The third-order valence-corrected chi connectivity index (χ3v) is 3.07. The van der Waals surface area contributed by atoms with Gasteiger partial charge in [-0.15, -0.1) is 24.0 Å². The van der Waals surface area contributed by atoms with Crippen LogP contribution in [0.3, 0.4) is 0 Å². The molecule has 0 radical (unpaired) electrons. The summed E-state index contributed by atoms with van der Waals surface area (Å²) in [6.07, 6.45) is 2.23. The van der Waals surface area contributed by atoms with Gasteiger partial charge in [-0.2, -0.15) is 0 Å². The summed E-state index contributed by atoms with van der Waals surface area (Å²) in [4.78, 5) is 4.43. The monoisotopic (exact) mass is 415 g/mol. The zero-order chi connectivity index (χ0) is 14.6. The molecule has 126 valence electrons. The van der Waals surface area contributed by atoms with Crippen LogP contribution in [0.2, 0.25) is 0 Å². The molecule has 0 aromatic carbocycles. The lowest BCUT2D eigenvalue weighted by Gasteiger charge is -2.13. The fraction of sp³-hybridized carbons (Fsp3) is 0.929. The fourth-order valence-corrected chi connectivity index (χ4v) is 1.82. The second-order valence-electron chi connectivity index (χ2n) is 5.14. The summed E-state index contributed by atoms with van der Waals surface area (Å²) in [7, 11) is 0. The molecule has 0 saturated carbocycles. The summed E-state index contributed by atoms with van der Waals surface area (Å²) in [5.74, 6) is 0.994. The van der Waals surface area contributed by atoms with E-state index in [-0.39, 0.29) is 42.6 Å². The van der Waals surface area contributed by atoms with Gasteiger partial charge in [-0.05, 0) is 25.7 Å². The van der Waals surface area contributed by atoms with Crippen LogP contribution in [-0.4, -0.2) is 63.2 Å². The smallest absolute Gasteiger partial charge is 0.191 e. The molecule has 1 fully saturated rings. The molecular formula is C14H30IN3O3. The van der Waals surface area contributed by atoms with Gasteiger partial charge in [0, 0.05) is 39.5 Å². The van der Waals surface area contributed by atoms with Crippen LogP contribution in [0.5, 0.6) is 0 Å². The lowest BCUT2D eigenvalue weighted by Crippen LogP contribution is -2.38. The van der Waals surface area contributed by atoms with Crippen molar-refractivity contribution in [3.8, 4) is 0 Å². The van der Waals surface area contributed by atoms with Crippen molar-refractivity contribution in [2.24, 2.45) is 10.9 Å². The van der Waals surface area contributed by atoms with Crippen molar-refractivity contribution >= 4 is 29.9 Å². The first-order valence-electron chi connectivity index (χ1n) is 7.58. The third-order valence-electron chi connectivity index (χ3n) is 3.07. The SMILES string of the molecule is CCNC(=NCC(C)CO)NCCCOC1CCOC1.I. The number of nitrogens with one attached hydrogen (secondary N) is 2. The van der Waals surface area contributed by atoms with E-state index in [1.54, 1.807) is 0 Å². The van der Waals surface area contributed by atoms with Gasteiger partial charge < -0.3 is 25.2 Å². The number of nitrogens with zero attached hydrogens (tertiary/aromatic N) is 1. The molecule has 1 aliphatic heterocycles. The number of aliphatic hydroxyl groups excluding tert-OH is 1. The number of aliphatic hydroxyl groups is 1. The normalized spacial score (nSPS) is 20.0. The predicted octanol–water partition coefficient (Wildman–Crippen LogP) is 0.983. The van der Waals surface area contributed by atoms with Crippen molar-refractivity contribution in [3.63, 3.8) is 0 Å². The van der Waals surface area contributed by atoms with Crippen molar-refractivity contribution in [2.75, 3.05) is 46.1 Å². The van der Waals surface area contributed by atoms with Gasteiger partial charge in [0.2, 0.25) is 0 Å². The Balaban J connectivity index is 0.00000400. The highest BCUT2D eigenvalue weighted by atomic mass is 127. The molecule has 3 N–H and O–H groups in total. The van der Waals surface area contributed by atoms with Crippen molar-refractivity contribution in [1.82, 2.24) is 10.6 Å². The van der Waals surface area contributed by atoms with E-state index in [0.717, 1.165) is 51.7 Å². The average molecular weight is 415 g/mol. The Hall–Kier alpha value is -0.120. The minimum absolute atomic E-state index is 0. The minimum Gasteiger partial charge on any atom is -0.396 e. The Bertz CT molecular complexity index is 274.